The maximum absolute atomic E-state index is 13.8. The molecule has 4 N–H and O–H groups in total. The van der Waals surface area contributed by atoms with Gasteiger partial charge in [-0.3, -0.25) is 4.55 Å². The van der Waals surface area contributed by atoms with Crippen molar-refractivity contribution >= 4 is 117 Å². The number of azo groups is 2. The van der Waals surface area contributed by atoms with E-state index >= 15 is 0 Å². The van der Waals surface area contributed by atoms with Gasteiger partial charge in [0.1, 0.15) is 57.7 Å². The zero-order valence-electron chi connectivity index (χ0n) is 37.8. The van der Waals surface area contributed by atoms with Gasteiger partial charge in [0.15, 0.2) is 9.84 Å². The summed E-state index contributed by atoms with van der Waals surface area (Å²) in [7, 11) is -31.0. The Morgan fingerprint density at radius 2 is 1.19 bits per heavy atom. The van der Waals surface area contributed by atoms with Gasteiger partial charge >= 0.3 is 158 Å². The molecule has 0 unspecified atom stereocenters. The number of hydrogen-bond acceptors (Lipinski definition) is 26. The maximum atomic E-state index is 13.8. The molecule has 0 aliphatic heterocycles. The van der Waals surface area contributed by atoms with Crippen molar-refractivity contribution in [2.75, 3.05) is 18.1 Å². The van der Waals surface area contributed by atoms with Gasteiger partial charge in [-0.1, -0.05) is 11.8 Å². The third-order valence-electron chi connectivity index (χ3n) is 8.61. The molecule has 6 aromatic rings. The van der Waals surface area contributed by atoms with E-state index in [1.807, 2.05) is 0 Å². The molecule has 1 heterocycles. The standard InChI is InChI=1S/C33H26ClN9O19S6.5Na/c34-32-37-31(38-33(39-32)36-19-2-1-3-21(15-19)63(45,46)11-10-62-68(59,60)61)16-4-9-23(65(50,51)52)22(12-16)41-42-28-24(66(53,54)55)13-17-14-25(67(56,57)58)29(30(44)26(17)27(28)35)43-40-18-5-7-20(8-6-18)64(47,48)49;;;;;/h1-9,12-15,44H,10-11,35H2,(H,47,48,49)(H,50,51,52)(H,53,54,55)(H,56,57,58)(H,59,60,61)(H,36,37,38,39);;;;;/q;5*+1/p-5. The Bertz CT molecular complexity index is 3940. The number of nitrogen functional groups attached to an aromatic ring is 1. The average molecular weight is 1190 g/mol. The minimum Gasteiger partial charge on any atom is -0.870 e. The summed E-state index contributed by atoms with van der Waals surface area (Å²) in [4.78, 5) is 9.57. The number of H-pyrrole nitrogens is 1. The van der Waals surface area contributed by atoms with E-state index in [0.29, 0.717) is 18.2 Å². The van der Waals surface area contributed by atoms with Gasteiger partial charge in [-0.15, -0.1) is 15.3 Å². The Morgan fingerprint density at radius 1 is 0.630 bits per heavy atom. The first-order chi connectivity index (χ1) is 31.3. The second-order valence-corrected chi connectivity index (χ2v) is 22.1. The van der Waals surface area contributed by atoms with Crippen LogP contribution in [0.15, 0.2) is 129 Å². The van der Waals surface area contributed by atoms with Crippen molar-refractivity contribution in [3.63, 3.8) is 0 Å². The summed E-state index contributed by atoms with van der Waals surface area (Å²) in [5.74, 6) is -2.72. The second-order valence-electron chi connectivity index (χ2n) is 13.1. The normalized spacial score (nSPS) is 12.6. The van der Waals surface area contributed by atoms with Gasteiger partial charge < -0.3 is 34.0 Å². The molecule has 0 bridgehead atoms. The molecule has 6 rings (SSSR count). The van der Waals surface area contributed by atoms with E-state index in [2.05, 4.69) is 44.6 Å². The van der Waals surface area contributed by atoms with E-state index in [1.54, 1.807) is 0 Å². The Labute approximate surface area is 529 Å². The molecule has 28 nitrogen and oxygen atoms in total. The van der Waals surface area contributed by atoms with Crippen LogP contribution >= 0.6 is 11.6 Å². The van der Waals surface area contributed by atoms with Gasteiger partial charge in [0.2, 0.25) is 10.9 Å². The summed E-state index contributed by atoms with van der Waals surface area (Å²) in [6, 6.07) is 11.4. The average Bonchev–Trinajstić information content (AvgIpc) is 3.20. The molecule has 0 saturated carbocycles. The molecule has 0 saturated heterocycles. The van der Waals surface area contributed by atoms with Crippen LogP contribution in [0, 0.1) is 0 Å². The van der Waals surface area contributed by atoms with Crippen LogP contribution in [0.3, 0.4) is 0 Å². The van der Waals surface area contributed by atoms with Gasteiger partial charge in [-0.25, -0.2) is 51.3 Å². The van der Waals surface area contributed by atoms with Crippen LogP contribution in [0.5, 0.6) is 5.75 Å². The number of nitrogens with one attached hydrogen (secondary N) is 1. The van der Waals surface area contributed by atoms with Crippen molar-refractivity contribution in [1.29, 1.82) is 0 Å². The van der Waals surface area contributed by atoms with Gasteiger partial charge in [0, 0.05) is 10.9 Å². The van der Waals surface area contributed by atoms with Gasteiger partial charge in [-0.05, 0) is 89.8 Å². The quantitative estimate of drug-likeness (QED) is 0.0372. The Morgan fingerprint density at radius 3 is 1.74 bits per heavy atom. The molecule has 0 aliphatic carbocycles. The number of benzene rings is 5. The van der Waals surface area contributed by atoms with Crippen molar-refractivity contribution in [2.45, 2.75) is 24.5 Å². The van der Waals surface area contributed by atoms with Gasteiger partial charge in [-0.2, -0.15) is 23.5 Å². The number of rotatable bonds is 15. The smallest absolute Gasteiger partial charge is 0.870 e. The second kappa shape index (κ2) is 27.1. The minimum absolute atomic E-state index is 0. The minimum atomic E-state index is -5.75. The van der Waals surface area contributed by atoms with Crippen LogP contribution in [-0.2, 0) is 64.9 Å². The predicted molar refractivity (Wildman–Crippen MR) is 223 cm³/mol. The summed E-state index contributed by atoms with van der Waals surface area (Å²) in [6.07, 6.45) is 0. The zero-order valence-corrected chi connectivity index (χ0v) is 53.4. The molecule has 5 aromatic carbocycles. The van der Waals surface area contributed by atoms with Crippen LogP contribution in [-0.4, -0.2) is 101 Å². The number of fused-ring (bicyclic) bond motifs is 1. The van der Waals surface area contributed by atoms with Crippen molar-refractivity contribution in [3.05, 3.63) is 89.8 Å². The molecule has 0 aliphatic rings. The Kier molecular flexibility index (Phi) is 25.8. The fourth-order valence-electron chi connectivity index (χ4n) is 5.71. The third-order valence-corrected chi connectivity index (χ3v) is 14.4. The van der Waals surface area contributed by atoms with Crippen molar-refractivity contribution in [1.82, 2.24) is 15.0 Å². The third kappa shape index (κ3) is 18.1. The van der Waals surface area contributed by atoms with Crippen LogP contribution in [0.2, 0.25) is 5.28 Å². The number of nitrogens with zero attached hydrogens (tertiary/aromatic N) is 7. The molecule has 0 fully saturated rings. The molecule has 0 amide bonds. The van der Waals surface area contributed by atoms with Crippen LogP contribution < -0.4 is 164 Å². The Balaban J connectivity index is 0.00000533. The summed E-state index contributed by atoms with van der Waals surface area (Å²) in [6.45, 7) is -0.929. The van der Waals surface area contributed by atoms with E-state index in [1.165, 1.54) is 12.1 Å². The first kappa shape index (κ1) is 69.7. The monoisotopic (exact) mass is 1190 g/mol. The maximum Gasteiger partial charge on any atom is 1.00 e. The molecule has 0 spiro atoms. The summed E-state index contributed by atoms with van der Waals surface area (Å²) in [5.41, 5.74) is 0.850. The molecular formula is C33H21ClN9Na5O19S6. The molecule has 360 valence electrons. The predicted octanol–water partition coefficient (Wildman–Crippen LogP) is -12.8. The topological polar surface area (TPSA) is 479 Å². The van der Waals surface area contributed by atoms with Crippen molar-refractivity contribution in [3.8, 4) is 17.1 Å². The summed E-state index contributed by atoms with van der Waals surface area (Å²) in [5, 5.41) is 26.0. The van der Waals surface area contributed by atoms with E-state index in [-0.39, 0.29) is 181 Å². The van der Waals surface area contributed by atoms with Crippen LogP contribution in [0.4, 0.5) is 34.1 Å². The SMILES string of the molecule is Nc1c(N=Nc2cc(-c3nc(Cl)nc(=Nc4cccc(S(=O)(=O)CCOS(=O)(=O)O)c4)[nH]3)ccc2S(=O)(=O)[O-])c(S(=O)(=O)[O-])cc2cc(S(=O)(=O)[O-])c(N=Nc3ccc(S(=O)(=O)[O-])cc3)c([O-])c12.[Na+].[Na+].[Na+].[Na+].[Na+]. The molecule has 40 heteroatoms. The number of aromatic amines is 1. The van der Waals surface area contributed by atoms with E-state index < -0.39 is 137 Å². The number of anilines is 1. The largest absolute Gasteiger partial charge is 1.00 e. The zero-order chi connectivity index (χ0) is 50.4. The van der Waals surface area contributed by atoms with E-state index in [0.717, 1.165) is 48.5 Å². The number of nitrogens with two attached hydrogens (primary N) is 1. The molecule has 73 heavy (non-hydrogen) atoms. The van der Waals surface area contributed by atoms with Crippen molar-refractivity contribution < 1.29 is 230 Å². The summed E-state index contributed by atoms with van der Waals surface area (Å²) < 4.78 is 205. The Hall–Kier alpha value is -1.28. The number of halogens is 1. The molecule has 0 atom stereocenters. The fraction of sp³-hybridized carbons (Fsp3) is 0.0606. The summed E-state index contributed by atoms with van der Waals surface area (Å²) >= 11 is 6.12. The number of sulfone groups is 1. The molecule has 0 radical (unpaired) electrons. The van der Waals surface area contributed by atoms with Gasteiger partial charge in [0.05, 0.1) is 59.6 Å². The first-order valence-corrected chi connectivity index (χ1v) is 26.5. The van der Waals surface area contributed by atoms with Crippen LogP contribution in [0.25, 0.3) is 22.2 Å². The number of hydrogen-bond donors (Lipinski definition) is 3. The van der Waals surface area contributed by atoms with Gasteiger partial charge in [0.25, 0.3) is 0 Å². The van der Waals surface area contributed by atoms with E-state index in [4.69, 9.17) is 21.9 Å². The molecular weight excluding hydrogens is 1170 g/mol. The number of aromatic nitrogens is 3. The molecule has 1 aromatic heterocycles. The van der Waals surface area contributed by atoms with Crippen molar-refractivity contribution in [2.24, 2.45) is 25.4 Å². The van der Waals surface area contributed by atoms with E-state index in [9.17, 15) is 73.8 Å². The fourth-order valence-corrected chi connectivity index (χ4v) is 9.76. The van der Waals surface area contributed by atoms with Crippen LogP contribution in [0.1, 0.15) is 0 Å². The first-order valence-electron chi connectivity index (χ1n) is 17.5.